The first-order valence-electron chi connectivity index (χ1n) is 7.57. The van der Waals surface area contributed by atoms with E-state index in [2.05, 4.69) is 25.7 Å². The highest BCUT2D eigenvalue weighted by atomic mass is 15.2. The minimum absolute atomic E-state index is 0.755. The molecule has 0 bridgehead atoms. The molecule has 0 saturated heterocycles. The van der Waals surface area contributed by atoms with E-state index in [4.69, 9.17) is 5.73 Å². The maximum absolute atomic E-state index is 6.00. The van der Waals surface area contributed by atoms with Crippen molar-refractivity contribution in [2.75, 3.05) is 13.1 Å². The van der Waals surface area contributed by atoms with Gasteiger partial charge in [0.15, 0.2) is 0 Å². The van der Waals surface area contributed by atoms with Gasteiger partial charge in [0.2, 0.25) is 0 Å². The van der Waals surface area contributed by atoms with Gasteiger partial charge in [0.25, 0.3) is 0 Å². The van der Waals surface area contributed by atoms with Crippen molar-refractivity contribution in [2.24, 2.45) is 23.5 Å². The maximum Gasteiger partial charge on any atom is 0.0141 e. The molecule has 2 nitrogen and oxygen atoms in total. The molecule has 2 saturated carbocycles. The van der Waals surface area contributed by atoms with Crippen LogP contribution >= 0.6 is 0 Å². The van der Waals surface area contributed by atoms with Crippen molar-refractivity contribution in [3.63, 3.8) is 0 Å². The maximum atomic E-state index is 6.00. The molecule has 2 aliphatic carbocycles. The molecule has 0 amide bonds. The van der Waals surface area contributed by atoms with E-state index in [9.17, 15) is 0 Å². The molecule has 2 fully saturated rings. The summed E-state index contributed by atoms with van der Waals surface area (Å²) in [7, 11) is 0. The van der Waals surface area contributed by atoms with Crippen LogP contribution in [0.2, 0.25) is 0 Å². The number of hydrogen-bond acceptors (Lipinski definition) is 2. The van der Waals surface area contributed by atoms with Crippen LogP contribution < -0.4 is 5.73 Å². The first-order chi connectivity index (χ1) is 8.11. The van der Waals surface area contributed by atoms with E-state index in [0.717, 1.165) is 36.4 Å². The fourth-order valence-corrected chi connectivity index (χ4v) is 3.48. The molecule has 0 aromatic carbocycles. The summed E-state index contributed by atoms with van der Waals surface area (Å²) in [6.45, 7) is 9.27. The van der Waals surface area contributed by atoms with Crippen LogP contribution in [0.15, 0.2) is 0 Å². The van der Waals surface area contributed by atoms with Gasteiger partial charge in [-0.3, -0.25) is 4.90 Å². The smallest absolute Gasteiger partial charge is 0.0141 e. The molecule has 17 heavy (non-hydrogen) atoms. The zero-order valence-corrected chi connectivity index (χ0v) is 11.9. The fourth-order valence-electron chi connectivity index (χ4n) is 3.48. The molecule has 2 rings (SSSR count). The van der Waals surface area contributed by atoms with Gasteiger partial charge in [-0.1, -0.05) is 27.2 Å². The SMILES string of the molecule is CC(C)CN(C1CC1)C1CC(C)CCC1CN. The Morgan fingerprint density at radius 3 is 2.41 bits per heavy atom. The number of nitrogens with zero attached hydrogens (tertiary/aromatic N) is 1. The van der Waals surface area contributed by atoms with Crippen molar-refractivity contribution < 1.29 is 0 Å². The van der Waals surface area contributed by atoms with Gasteiger partial charge in [-0.25, -0.2) is 0 Å². The highest BCUT2D eigenvalue weighted by Gasteiger charge is 2.39. The summed E-state index contributed by atoms with van der Waals surface area (Å²) in [6, 6.07) is 1.67. The summed E-state index contributed by atoms with van der Waals surface area (Å²) in [5, 5.41) is 0. The number of nitrogens with two attached hydrogens (primary N) is 1. The lowest BCUT2D eigenvalue weighted by Crippen LogP contribution is -2.48. The van der Waals surface area contributed by atoms with Crippen LogP contribution in [-0.2, 0) is 0 Å². The highest BCUT2D eigenvalue weighted by Crippen LogP contribution is 2.38. The van der Waals surface area contributed by atoms with Gasteiger partial charge >= 0.3 is 0 Å². The van der Waals surface area contributed by atoms with Gasteiger partial charge in [0, 0.05) is 18.6 Å². The van der Waals surface area contributed by atoms with E-state index in [0.29, 0.717) is 0 Å². The predicted octanol–water partition coefficient (Wildman–Crippen LogP) is 2.87. The molecule has 0 aromatic rings. The Morgan fingerprint density at radius 1 is 1.18 bits per heavy atom. The molecule has 0 spiro atoms. The molecule has 2 heteroatoms. The Morgan fingerprint density at radius 2 is 1.88 bits per heavy atom. The average Bonchev–Trinajstić information content (AvgIpc) is 3.09. The Bertz CT molecular complexity index is 235. The van der Waals surface area contributed by atoms with Gasteiger partial charge in [-0.15, -0.1) is 0 Å². The molecular formula is C15H30N2. The third-order valence-electron chi connectivity index (χ3n) is 4.54. The van der Waals surface area contributed by atoms with Crippen molar-refractivity contribution in [3.8, 4) is 0 Å². The van der Waals surface area contributed by atoms with Gasteiger partial charge in [0.1, 0.15) is 0 Å². The quantitative estimate of drug-likeness (QED) is 0.798. The number of hydrogen-bond donors (Lipinski definition) is 1. The van der Waals surface area contributed by atoms with Gasteiger partial charge in [-0.2, -0.15) is 0 Å². The van der Waals surface area contributed by atoms with Crippen molar-refractivity contribution in [1.82, 2.24) is 4.90 Å². The van der Waals surface area contributed by atoms with Crippen LogP contribution in [0.3, 0.4) is 0 Å². The summed E-state index contributed by atoms with van der Waals surface area (Å²) >= 11 is 0. The van der Waals surface area contributed by atoms with Crippen molar-refractivity contribution >= 4 is 0 Å². The highest BCUT2D eigenvalue weighted by molar-refractivity contribution is 4.94. The van der Waals surface area contributed by atoms with Gasteiger partial charge < -0.3 is 5.73 Å². The monoisotopic (exact) mass is 238 g/mol. The molecule has 3 unspecified atom stereocenters. The van der Waals surface area contributed by atoms with Crippen LogP contribution in [0.5, 0.6) is 0 Å². The molecule has 2 N–H and O–H groups in total. The lowest BCUT2D eigenvalue weighted by atomic mass is 9.78. The lowest BCUT2D eigenvalue weighted by Gasteiger charge is -2.43. The second kappa shape index (κ2) is 5.71. The molecule has 3 atom stereocenters. The van der Waals surface area contributed by atoms with Crippen LogP contribution in [0.4, 0.5) is 0 Å². The molecule has 2 aliphatic rings. The summed E-state index contributed by atoms with van der Waals surface area (Å²) in [4.78, 5) is 2.82. The van der Waals surface area contributed by atoms with Crippen LogP contribution in [0, 0.1) is 17.8 Å². The lowest BCUT2D eigenvalue weighted by molar-refractivity contribution is 0.0691. The summed E-state index contributed by atoms with van der Waals surface area (Å²) in [5.41, 5.74) is 6.00. The van der Waals surface area contributed by atoms with E-state index in [-0.39, 0.29) is 0 Å². The van der Waals surface area contributed by atoms with E-state index >= 15 is 0 Å². The van der Waals surface area contributed by atoms with Crippen molar-refractivity contribution in [1.29, 1.82) is 0 Å². The van der Waals surface area contributed by atoms with Crippen LogP contribution in [0.1, 0.15) is 52.9 Å². The zero-order chi connectivity index (χ0) is 12.4. The van der Waals surface area contributed by atoms with Crippen molar-refractivity contribution in [3.05, 3.63) is 0 Å². The van der Waals surface area contributed by atoms with Gasteiger partial charge in [0.05, 0.1) is 0 Å². The third-order valence-corrected chi connectivity index (χ3v) is 4.54. The van der Waals surface area contributed by atoms with Crippen LogP contribution in [-0.4, -0.2) is 30.1 Å². The molecule has 0 heterocycles. The summed E-state index contributed by atoms with van der Waals surface area (Å²) in [6.07, 6.45) is 6.97. The Hall–Kier alpha value is -0.0800. The molecular weight excluding hydrogens is 208 g/mol. The standard InChI is InChI=1S/C15H30N2/c1-11(2)10-17(14-6-7-14)15-8-12(3)4-5-13(15)9-16/h11-15H,4-10,16H2,1-3H3. The molecule has 0 radical (unpaired) electrons. The Labute approximate surface area is 107 Å². The van der Waals surface area contributed by atoms with Crippen LogP contribution in [0.25, 0.3) is 0 Å². The van der Waals surface area contributed by atoms with E-state index in [1.165, 1.54) is 38.6 Å². The van der Waals surface area contributed by atoms with E-state index in [1.807, 2.05) is 0 Å². The predicted molar refractivity (Wildman–Crippen MR) is 73.9 cm³/mol. The van der Waals surface area contributed by atoms with Gasteiger partial charge in [-0.05, 0) is 50.0 Å². The Balaban J connectivity index is 2.02. The zero-order valence-electron chi connectivity index (χ0n) is 11.9. The third kappa shape index (κ3) is 3.45. The van der Waals surface area contributed by atoms with E-state index in [1.54, 1.807) is 0 Å². The largest absolute Gasteiger partial charge is 0.330 e. The molecule has 0 aromatic heterocycles. The minimum Gasteiger partial charge on any atom is -0.330 e. The second-order valence-electron chi connectivity index (χ2n) is 6.80. The fraction of sp³-hybridized carbons (Fsp3) is 1.00. The summed E-state index contributed by atoms with van der Waals surface area (Å²) < 4.78 is 0. The number of rotatable bonds is 5. The average molecular weight is 238 g/mol. The molecule has 100 valence electrons. The normalized spacial score (nSPS) is 34.6. The molecule has 0 aliphatic heterocycles. The topological polar surface area (TPSA) is 29.3 Å². The first kappa shape index (κ1) is 13.4. The Kier molecular flexibility index (Phi) is 4.48. The van der Waals surface area contributed by atoms with Crippen molar-refractivity contribution in [2.45, 2.75) is 65.0 Å². The summed E-state index contributed by atoms with van der Waals surface area (Å²) in [5.74, 6) is 2.44. The second-order valence-corrected chi connectivity index (χ2v) is 6.80. The van der Waals surface area contributed by atoms with E-state index < -0.39 is 0 Å². The minimum atomic E-state index is 0.755. The first-order valence-corrected chi connectivity index (χ1v) is 7.57.